The average Bonchev–Trinajstić information content (AvgIpc) is 3.47. The molecule has 10 heteroatoms. The monoisotopic (exact) mass is 435 g/mol. The van der Waals surface area contributed by atoms with Crippen molar-refractivity contribution in [1.29, 1.82) is 0 Å². The number of ether oxygens (including phenoxy) is 2. The molecule has 1 saturated heterocycles. The molecule has 5 heterocycles. The summed E-state index contributed by atoms with van der Waals surface area (Å²) in [5, 5.41) is 12.5. The fraction of sp³-hybridized carbons (Fsp3) is 0.409. The Labute approximate surface area is 184 Å². The van der Waals surface area contributed by atoms with Crippen LogP contribution in [-0.2, 0) is 11.3 Å². The highest BCUT2D eigenvalue weighted by Crippen LogP contribution is 2.25. The molecule has 0 aromatic carbocycles. The van der Waals surface area contributed by atoms with Gasteiger partial charge in [0.05, 0.1) is 18.9 Å². The van der Waals surface area contributed by atoms with Crippen molar-refractivity contribution in [3.8, 4) is 5.88 Å². The second-order valence-corrected chi connectivity index (χ2v) is 8.41. The van der Waals surface area contributed by atoms with Crippen LogP contribution in [0.3, 0.4) is 0 Å². The number of amides is 1. The Morgan fingerprint density at radius 1 is 1.34 bits per heavy atom. The summed E-state index contributed by atoms with van der Waals surface area (Å²) in [5.74, 6) is 0.342. The molecule has 0 saturated carbocycles. The Morgan fingerprint density at radius 3 is 3.00 bits per heavy atom. The number of rotatable bonds is 6. The van der Waals surface area contributed by atoms with E-state index in [4.69, 9.17) is 9.47 Å². The van der Waals surface area contributed by atoms with E-state index >= 15 is 0 Å². The van der Waals surface area contributed by atoms with Gasteiger partial charge in [-0.1, -0.05) is 0 Å². The predicted molar refractivity (Wildman–Crippen MR) is 118 cm³/mol. The zero-order valence-electron chi connectivity index (χ0n) is 18.3. The number of nitrogens with zero attached hydrogens (tertiary/aromatic N) is 6. The number of nitrogens with one attached hydrogen (secondary N) is 1. The maximum Gasteiger partial charge on any atom is 0.261 e. The molecule has 5 rings (SSSR count). The third kappa shape index (κ3) is 4.01. The average molecular weight is 435 g/mol. The first-order valence-corrected chi connectivity index (χ1v) is 10.7. The van der Waals surface area contributed by atoms with E-state index in [1.807, 2.05) is 37.8 Å². The fourth-order valence-electron chi connectivity index (χ4n) is 3.80. The topological polar surface area (TPSA) is 108 Å². The molecule has 1 amide bonds. The summed E-state index contributed by atoms with van der Waals surface area (Å²) in [4.78, 5) is 22.1. The summed E-state index contributed by atoms with van der Waals surface area (Å²) >= 11 is 0. The Morgan fingerprint density at radius 2 is 2.22 bits per heavy atom. The standard InChI is InChI=1S/C22H25N7O3/c1-13(2)32-22-17(21(30)25-18-8-24-29-9-14(3)7-23-20(18)29)6-16-11-28(27-19(16)26-22)10-15-4-5-31-12-15/h6-9,11,13,15H,4-5,10,12H2,1-3H3,(H,25,30)/t15-/m1/s1. The van der Waals surface area contributed by atoms with Crippen LogP contribution in [0.2, 0.25) is 0 Å². The van der Waals surface area contributed by atoms with E-state index in [0.717, 1.165) is 37.1 Å². The number of hydrogen-bond donors (Lipinski definition) is 1. The van der Waals surface area contributed by atoms with Crippen LogP contribution in [0.1, 0.15) is 36.2 Å². The van der Waals surface area contributed by atoms with Crippen LogP contribution >= 0.6 is 0 Å². The number of hydrogen-bond acceptors (Lipinski definition) is 7. The van der Waals surface area contributed by atoms with E-state index in [-0.39, 0.29) is 17.9 Å². The smallest absolute Gasteiger partial charge is 0.261 e. The van der Waals surface area contributed by atoms with Gasteiger partial charge in [0.2, 0.25) is 5.88 Å². The number of pyridine rings is 1. The van der Waals surface area contributed by atoms with Gasteiger partial charge in [0, 0.05) is 43.0 Å². The molecule has 166 valence electrons. The zero-order chi connectivity index (χ0) is 22.2. The molecule has 0 unspecified atom stereocenters. The number of fused-ring (bicyclic) bond motifs is 2. The Kier molecular flexibility index (Phi) is 5.22. The molecular formula is C22H25N7O3. The lowest BCUT2D eigenvalue weighted by atomic mass is 10.1. The third-order valence-corrected chi connectivity index (χ3v) is 5.30. The summed E-state index contributed by atoms with van der Waals surface area (Å²) in [6.07, 6.45) is 7.95. The Bertz CT molecular complexity index is 1290. The molecule has 1 fully saturated rings. The van der Waals surface area contributed by atoms with Gasteiger partial charge in [-0.15, -0.1) is 0 Å². The summed E-state index contributed by atoms with van der Waals surface area (Å²) in [6, 6.07) is 1.77. The number of anilines is 1. The number of aromatic nitrogens is 6. The van der Waals surface area contributed by atoms with Crippen molar-refractivity contribution in [1.82, 2.24) is 29.4 Å². The highest BCUT2D eigenvalue weighted by molar-refractivity contribution is 6.08. The van der Waals surface area contributed by atoms with Crippen LogP contribution in [0.15, 0.2) is 30.9 Å². The van der Waals surface area contributed by atoms with Crippen molar-refractivity contribution >= 4 is 28.3 Å². The van der Waals surface area contributed by atoms with Gasteiger partial charge in [0.25, 0.3) is 5.91 Å². The van der Waals surface area contributed by atoms with E-state index < -0.39 is 0 Å². The van der Waals surface area contributed by atoms with Gasteiger partial charge in [0.1, 0.15) is 11.3 Å². The van der Waals surface area contributed by atoms with Gasteiger partial charge in [0.15, 0.2) is 11.3 Å². The lowest BCUT2D eigenvalue weighted by Gasteiger charge is -2.12. The van der Waals surface area contributed by atoms with Gasteiger partial charge in [-0.3, -0.25) is 9.48 Å². The molecule has 0 radical (unpaired) electrons. The van der Waals surface area contributed by atoms with E-state index in [2.05, 4.69) is 25.5 Å². The second-order valence-electron chi connectivity index (χ2n) is 8.41. The van der Waals surface area contributed by atoms with Crippen LogP contribution in [0, 0.1) is 12.8 Å². The molecule has 4 aromatic heterocycles. The van der Waals surface area contributed by atoms with Crippen molar-refractivity contribution in [2.45, 2.75) is 39.8 Å². The van der Waals surface area contributed by atoms with Gasteiger partial charge in [-0.2, -0.15) is 15.2 Å². The SMILES string of the molecule is Cc1cnc2c(NC(=O)c3cc4cn(C[C@H]5CCOC5)nc4nc3OC(C)C)cnn2c1. The lowest BCUT2D eigenvalue weighted by molar-refractivity contribution is 0.102. The number of carbonyl (C=O) groups excluding carboxylic acids is 1. The molecule has 1 N–H and O–H groups in total. The highest BCUT2D eigenvalue weighted by atomic mass is 16.5. The van der Waals surface area contributed by atoms with Crippen molar-refractivity contribution in [3.63, 3.8) is 0 Å². The molecule has 0 spiro atoms. The molecule has 4 aromatic rings. The summed E-state index contributed by atoms with van der Waals surface area (Å²) < 4.78 is 14.8. The minimum absolute atomic E-state index is 0.147. The summed E-state index contributed by atoms with van der Waals surface area (Å²) in [6.45, 7) is 8.01. The first-order chi connectivity index (χ1) is 15.5. The van der Waals surface area contributed by atoms with Crippen LogP contribution in [0.25, 0.3) is 16.7 Å². The third-order valence-electron chi connectivity index (χ3n) is 5.30. The maximum atomic E-state index is 13.2. The van der Waals surface area contributed by atoms with E-state index in [1.54, 1.807) is 23.0 Å². The van der Waals surface area contributed by atoms with Crippen molar-refractivity contribution in [3.05, 3.63) is 42.0 Å². The van der Waals surface area contributed by atoms with E-state index in [9.17, 15) is 4.79 Å². The molecule has 0 bridgehead atoms. The predicted octanol–water partition coefficient (Wildman–Crippen LogP) is 2.86. The number of aryl methyl sites for hydroxylation is 1. The normalized spacial score (nSPS) is 16.3. The Balaban J connectivity index is 1.47. The molecule has 1 atom stereocenters. The van der Waals surface area contributed by atoms with E-state index in [0.29, 0.717) is 28.5 Å². The van der Waals surface area contributed by atoms with E-state index in [1.165, 1.54) is 0 Å². The quantitative estimate of drug-likeness (QED) is 0.496. The van der Waals surface area contributed by atoms with Crippen LogP contribution < -0.4 is 10.1 Å². The molecule has 1 aliphatic heterocycles. The Hall–Kier alpha value is -3.53. The zero-order valence-corrected chi connectivity index (χ0v) is 18.3. The van der Waals surface area contributed by atoms with Crippen LogP contribution in [-0.4, -0.2) is 54.6 Å². The summed E-state index contributed by atoms with van der Waals surface area (Å²) in [7, 11) is 0. The van der Waals surface area contributed by atoms with Gasteiger partial charge >= 0.3 is 0 Å². The minimum Gasteiger partial charge on any atom is -0.474 e. The van der Waals surface area contributed by atoms with Crippen molar-refractivity contribution in [2.24, 2.45) is 5.92 Å². The minimum atomic E-state index is -0.343. The summed E-state index contributed by atoms with van der Waals surface area (Å²) in [5.41, 5.74) is 2.94. The molecular weight excluding hydrogens is 410 g/mol. The van der Waals surface area contributed by atoms with Gasteiger partial charge in [-0.25, -0.2) is 9.50 Å². The molecule has 10 nitrogen and oxygen atoms in total. The highest BCUT2D eigenvalue weighted by Gasteiger charge is 2.21. The molecule has 32 heavy (non-hydrogen) atoms. The van der Waals surface area contributed by atoms with Crippen molar-refractivity contribution in [2.75, 3.05) is 18.5 Å². The maximum absolute atomic E-state index is 13.2. The largest absolute Gasteiger partial charge is 0.474 e. The van der Waals surface area contributed by atoms with Gasteiger partial charge < -0.3 is 14.8 Å². The van der Waals surface area contributed by atoms with Crippen LogP contribution in [0.4, 0.5) is 5.69 Å². The molecule has 1 aliphatic rings. The molecule has 0 aliphatic carbocycles. The van der Waals surface area contributed by atoms with Crippen molar-refractivity contribution < 1.29 is 14.3 Å². The second kappa shape index (κ2) is 8.19. The fourth-order valence-corrected chi connectivity index (χ4v) is 3.80. The first-order valence-electron chi connectivity index (χ1n) is 10.7. The lowest BCUT2D eigenvalue weighted by Crippen LogP contribution is -2.17. The van der Waals surface area contributed by atoms with Gasteiger partial charge in [-0.05, 0) is 38.8 Å². The van der Waals surface area contributed by atoms with Crippen LogP contribution in [0.5, 0.6) is 5.88 Å². The first kappa shape index (κ1) is 20.4. The number of carbonyl (C=O) groups is 1.